The molecule has 1 saturated carbocycles. The minimum Gasteiger partial charge on any atom is -0.385 e. The summed E-state index contributed by atoms with van der Waals surface area (Å²) in [5.74, 6) is -0.135. The Morgan fingerprint density at radius 3 is 2.50 bits per heavy atom. The summed E-state index contributed by atoms with van der Waals surface area (Å²) in [7, 11) is 0. The van der Waals surface area contributed by atoms with E-state index in [-0.39, 0.29) is 11.8 Å². The molecule has 14 heavy (non-hydrogen) atoms. The van der Waals surface area contributed by atoms with Gasteiger partial charge in [-0.05, 0) is 29.9 Å². The van der Waals surface area contributed by atoms with Crippen molar-refractivity contribution in [2.24, 2.45) is 11.8 Å². The Bertz CT molecular complexity index is 181. The second-order valence-electron chi connectivity index (χ2n) is 4.10. The molecule has 1 N–H and O–H groups in total. The van der Waals surface area contributed by atoms with Crippen molar-refractivity contribution < 1.29 is 13.9 Å². The molecule has 3 atom stereocenters. The molecule has 0 amide bonds. The highest BCUT2D eigenvalue weighted by Crippen LogP contribution is 2.40. The fourth-order valence-corrected chi connectivity index (χ4v) is 2.56. The van der Waals surface area contributed by atoms with E-state index in [4.69, 9.17) is 11.6 Å². The van der Waals surface area contributed by atoms with E-state index < -0.39 is 11.5 Å². The van der Waals surface area contributed by atoms with Crippen LogP contribution in [0.2, 0.25) is 0 Å². The third-order valence-corrected chi connectivity index (χ3v) is 3.46. The van der Waals surface area contributed by atoms with E-state index >= 15 is 0 Å². The average Bonchev–Trinajstić information content (AvgIpc) is 2.15. The van der Waals surface area contributed by atoms with Crippen LogP contribution in [-0.2, 0) is 0 Å². The molecule has 0 bridgehead atoms. The van der Waals surface area contributed by atoms with Gasteiger partial charge >= 0.3 is 5.38 Å². The van der Waals surface area contributed by atoms with E-state index in [0.29, 0.717) is 6.42 Å². The molecule has 0 aromatic heterocycles. The standard InChI is InChI=1S/C10H17ClF2O/c1-2-7-5-3-4-6-8(7)9(14)10(11,12)13/h7-9,14H,2-6H2,1H3. The van der Waals surface area contributed by atoms with Crippen LogP contribution in [0.1, 0.15) is 39.0 Å². The molecule has 1 nitrogen and oxygen atoms in total. The predicted octanol–water partition coefficient (Wildman–Crippen LogP) is 3.40. The van der Waals surface area contributed by atoms with Gasteiger partial charge in [0, 0.05) is 0 Å². The zero-order valence-electron chi connectivity index (χ0n) is 8.35. The van der Waals surface area contributed by atoms with Crippen LogP contribution in [0.25, 0.3) is 0 Å². The Kier molecular flexibility index (Phi) is 4.14. The van der Waals surface area contributed by atoms with Crippen LogP contribution in [0, 0.1) is 11.8 Å². The van der Waals surface area contributed by atoms with Crippen molar-refractivity contribution in [3.63, 3.8) is 0 Å². The van der Waals surface area contributed by atoms with E-state index in [0.717, 1.165) is 25.7 Å². The zero-order valence-corrected chi connectivity index (χ0v) is 9.10. The van der Waals surface area contributed by atoms with E-state index in [1.54, 1.807) is 0 Å². The number of aliphatic hydroxyl groups is 1. The Balaban J connectivity index is 2.63. The summed E-state index contributed by atoms with van der Waals surface area (Å²) < 4.78 is 25.5. The van der Waals surface area contributed by atoms with Gasteiger partial charge in [-0.25, -0.2) is 0 Å². The van der Waals surface area contributed by atoms with Crippen molar-refractivity contribution in [1.29, 1.82) is 0 Å². The first kappa shape index (κ1) is 12.2. The van der Waals surface area contributed by atoms with Gasteiger partial charge in [0.2, 0.25) is 0 Å². The molecule has 84 valence electrons. The van der Waals surface area contributed by atoms with E-state index in [1.165, 1.54) is 0 Å². The van der Waals surface area contributed by atoms with Crippen LogP contribution in [0.3, 0.4) is 0 Å². The SMILES string of the molecule is CCC1CCCCC1C(O)C(F)(F)Cl. The van der Waals surface area contributed by atoms with E-state index in [9.17, 15) is 13.9 Å². The minimum absolute atomic E-state index is 0.198. The molecule has 0 aliphatic heterocycles. The number of hydrogen-bond donors (Lipinski definition) is 1. The zero-order chi connectivity index (χ0) is 10.8. The lowest BCUT2D eigenvalue weighted by atomic mass is 9.75. The number of halogens is 3. The van der Waals surface area contributed by atoms with Crippen LogP contribution in [0.4, 0.5) is 8.78 Å². The van der Waals surface area contributed by atoms with Crippen LogP contribution < -0.4 is 0 Å². The molecule has 1 aliphatic rings. The molecule has 0 heterocycles. The predicted molar refractivity (Wildman–Crippen MR) is 52.5 cm³/mol. The highest BCUT2D eigenvalue weighted by molar-refractivity contribution is 6.22. The molecule has 1 rings (SSSR count). The summed E-state index contributed by atoms with van der Waals surface area (Å²) in [5.41, 5.74) is 0. The quantitative estimate of drug-likeness (QED) is 0.732. The highest BCUT2D eigenvalue weighted by Gasteiger charge is 2.44. The summed E-state index contributed by atoms with van der Waals surface area (Å²) in [6.45, 7) is 1.97. The van der Waals surface area contributed by atoms with E-state index in [2.05, 4.69) is 0 Å². The number of aliphatic hydroxyl groups excluding tert-OH is 1. The molecule has 1 fully saturated rings. The topological polar surface area (TPSA) is 20.2 Å². The van der Waals surface area contributed by atoms with Crippen LogP contribution in [-0.4, -0.2) is 16.6 Å². The largest absolute Gasteiger partial charge is 0.385 e. The van der Waals surface area contributed by atoms with Crippen molar-refractivity contribution in [3.05, 3.63) is 0 Å². The lowest BCUT2D eigenvalue weighted by molar-refractivity contribution is -0.0917. The second kappa shape index (κ2) is 4.75. The minimum atomic E-state index is -3.48. The average molecular weight is 227 g/mol. The van der Waals surface area contributed by atoms with Gasteiger partial charge < -0.3 is 5.11 Å². The molecule has 0 saturated heterocycles. The van der Waals surface area contributed by atoms with Gasteiger partial charge in [-0.15, -0.1) is 0 Å². The van der Waals surface area contributed by atoms with Crippen LogP contribution in [0.5, 0.6) is 0 Å². The lowest BCUT2D eigenvalue weighted by Crippen LogP contribution is -2.40. The fraction of sp³-hybridized carbons (Fsp3) is 1.00. The van der Waals surface area contributed by atoms with Crippen molar-refractivity contribution >= 4 is 11.6 Å². The highest BCUT2D eigenvalue weighted by atomic mass is 35.5. The fourth-order valence-electron chi connectivity index (χ4n) is 2.40. The van der Waals surface area contributed by atoms with Crippen molar-refractivity contribution in [1.82, 2.24) is 0 Å². The summed E-state index contributed by atoms with van der Waals surface area (Å²) >= 11 is 4.86. The molecule has 3 unspecified atom stereocenters. The molecular formula is C10H17ClF2O. The first-order valence-electron chi connectivity index (χ1n) is 5.21. The van der Waals surface area contributed by atoms with Crippen molar-refractivity contribution in [2.75, 3.05) is 0 Å². The van der Waals surface area contributed by atoms with Gasteiger partial charge in [-0.3, -0.25) is 0 Å². The van der Waals surface area contributed by atoms with Gasteiger partial charge in [0.1, 0.15) is 6.10 Å². The number of alkyl halides is 3. The van der Waals surface area contributed by atoms with Gasteiger partial charge in [-0.1, -0.05) is 32.6 Å². The molecule has 4 heteroatoms. The third kappa shape index (κ3) is 2.80. The Morgan fingerprint density at radius 2 is 2.00 bits per heavy atom. The summed E-state index contributed by atoms with van der Waals surface area (Å²) in [6.07, 6.45) is 2.76. The maximum Gasteiger partial charge on any atom is 0.347 e. The Labute approximate surface area is 88.4 Å². The lowest BCUT2D eigenvalue weighted by Gasteiger charge is -2.35. The first-order chi connectivity index (χ1) is 6.46. The van der Waals surface area contributed by atoms with Gasteiger partial charge in [0.15, 0.2) is 0 Å². The van der Waals surface area contributed by atoms with Gasteiger partial charge in [0.25, 0.3) is 0 Å². The summed E-state index contributed by atoms with van der Waals surface area (Å²) in [4.78, 5) is 0. The van der Waals surface area contributed by atoms with Crippen LogP contribution in [0.15, 0.2) is 0 Å². The Morgan fingerprint density at radius 1 is 1.43 bits per heavy atom. The molecular weight excluding hydrogens is 210 g/mol. The molecule has 0 aromatic carbocycles. The first-order valence-corrected chi connectivity index (χ1v) is 5.59. The maximum atomic E-state index is 12.7. The molecule has 0 radical (unpaired) electrons. The Hall–Kier alpha value is 0.110. The smallest absolute Gasteiger partial charge is 0.347 e. The number of hydrogen-bond acceptors (Lipinski definition) is 1. The second-order valence-corrected chi connectivity index (χ2v) is 4.61. The number of rotatable bonds is 3. The van der Waals surface area contributed by atoms with Crippen molar-refractivity contribution in [2.45, 2.75) is 50.5 Å². The maximum absolute atomic E-state index is 12.7. The molecule has 1 aliphatic carbocycles. The molecule has 0 spiro atoms. The summed E-state index contributed by atoms with van der Waals surface area (Å²) in [5, 5.41) is 5.95. The monoisotopic (exact) mass is 226 g/mol. The van der Waals surface area contributed by atoms with Gasteiger partial charge in [0.05, 0.1) is 0 Å². The van der Waals surface area contributed by atoms with E-state index in [1.807, 2.05) is 6.92 Å². The normalized spacial score (nSPS) is 31.5. The van der Waals surface area contributed by atoms with Crippen molar-refractivity contribution in [3.8, 4) is 0 Å². The van der Waals surface area contributed by atoms with Crippen LogP contribution >= 0.6 is 11.6 Å². The third-order valence-electron chi connectivity index (χ3n) is 3.23. The van der Waals surface area contributed by atoms with Gasteiger partial charge in [-0.2, -0.15) is 8.78 Å². The summed E-state index contributed by atoms with van der Waals surface area (Å²) in [6, 6.07) is 0. The molecule has 0 aromatic rings.